The molecule has 0 radical (unpaired) electrons. The molecule has 7 nitrogen and oxygen atoms in total. The number of hydrogen-bond acceptors (Lipinski definition) is 6. The number of thiol groups is 1. The third kappa shape index (κ3) is 4.14. The summed E-state index contributed by atoms with van der Waals surface area (Å²) >= 11 is 5.73. The van der Waals surface area contributed by atoms with Gasteiger partial charge in [0.15, 0.2) is 0 Å². The third-order valence-electron chi connectivity index (χ3n) is 2.54. The van der Waals surface area contributed by atoms with Crippen molar-refractivity contribution < 1.29 is 13.3 Å². The highest BCUT2D eigenvalue weighted by Crippen LogP contribution is 2.30. The highest BCUT2D eigenvalue weighted by atomic mass is 35.5. The molecule has 0 fully saturated rings. The molecule has 1 N–H and O–H groups in total. The van der Waals surface area contributed by atoms with Crippen molar-refractivity contribution in [3.63, 3.8) is 0 Å². The van der Waals surface area contributed by atoms with Gasteiger partial charge < -0.3 is 5.32 Å². The lowest BCUT2D eigenvalue weighted by molar-refractivity contribution is -0.383. The van der Waals surface area contributed by atoms with Crippen LogP contribution in [-0.4, -0.2) is 18.3 Å². The van der Waals surface area contributed by atoms with Gasteiger partial charge in [-0.15, -0.1) is 0 Å². The van der Waals surface area contributed by atoms with Gasteiger partial charge in [-0.05, 0) is 23.8 Å². The Morgan fingerprint density at radius 1 is 1.29 bits per heavy atom. The van der Waals surface area contributed by atoms with E-state index in [1.807, 2.05) is 0 Å². The van der Waals surface area contributed by atoms with E-state index in [1.165, 1.54) is 30.6 Å². The predicted molar refractivity (Wildman–Crippen MR) is 79.6 cm³/mol. The monoisotopic (exact) mass is 327 g/mol. The average Bonchev–Trinajstić information content (AvgIpc) is 2.40. The Morgan fingerprint density at radius 3 is 2.71 bits per heavy atom. The van der Waals surface area contributed by atoms with Gasteiger partial charge in [0.1, 0.15) is 16.4 Å². The minimum absolute atomic E-state index is 0.138. The van der Waals surface area contributed by atoms with Gasteiger partial charge in [-0.3, -0.25) is 15.1 Å². The van der Waals surface area contributed by atoms with Crippen LogP contribution in [0.2, 0.25) is 5.02 Å². The van der Waals surface area contributed by atoms with E-state index < -0.39 is 15.6 Å². The van der Waals surface area contributed by atoms with E-state index >= 15 is 0 Å². The Labute approximate surface area is 126 Å². The Hall–Kier alpha value is -2.19. The molecule has 0 amide bonds. The lowest BCUT2D eigenvalue weighted by Crippen LogP contribution is -1.98. The van der Waals surface area contributed by atoms with Crippen LogP contribution in [0.25, 0.3) is 0 Å². The number of benzene rings is 1. The Kier molecular flexibility index (Phi) is 4.71. The summed E-state index contributed by atoms with van der Waals surface area (Å²) in [6, 6.07) is 5.79. The number of rotatable bonds is 5. The number of pyridine rings is 1. The van der Waals surface area contributed by atoms with Crippen LogP contribution in [-0.2, 0) is 16.5 Å². The van der Waals surface area contributed by atoms with Crippen molar-refractivity contribution in [2.75, 3.05) is 5.32 Å². The largest absolute Gasteiger partial charge is 0.349 e. The maximum Gasteiger partial charge on any atom is 0.294 e. The smallest absolute Gasteiger partial charge is 0.294 e. The highest BCUT2D eigenvalue weighted by Gasteiger charge is 2.14. The summed E-state index contributed by atoms with van der Waals surface area (Å²) < 4.78 is 21.4. The first-order chi connectivity index (χ1) is 9.95. The Bertz CT molecular complexity index is 756. The van der Waals surface area contributed by atoms with Gasteiger partial charge in [0.25, 0.3) is 5.69 Å². The number of halogens is 1. The van der Waals surface area contributed by atoms with Crippen molar-refractivity contribution in [3.8, 4) is 0 Å². The lowest BCUT2D eigenvalue weighted by atomic mass is 10.2. The van der Waals surface area contributed by atoms with E-state index in [-0.39, 0.29) is 22.2 Å². The van der Waals surface area contributed by atoms with Crippen molar-refractivity contribution in [3.05, 3.63) is 57.4 Å². The Morgan fingerprint density at radius 2 is 2.05 bits per heavy atom. The fourth-order valence-electron chi connectivity index (χ4n) is 1.71. The molecule has 0 unspecified atom stereocenters. The van der Waals surface area contributed by atoms with Crippen LogP contribution in [0.3, 0.4) is 0 Å². The van der Waals surface area contributed by atoms with Gasteiger partial charge in [0.2, 0.25) is 0 Å². The van der Waals surface area contributed by atoms with Crippen LogP contribution >= 0.6 is 11.6 Å². The van der Waals surface area contributed by atoms with Gasteiger partial charge >= 0.3 is 0 Å². The van der Waals surface area contributed by atoms with E-state index in [2.05, 4.69) is 10.3 Å². The van der Waals surface area contributed by atoms with Crippen molar-refractivity contribution >= 4 is 39.4 Å². The summed E-state index contributed by atoms with van der Waals surface area (Å²) in [6.45, 7) is 0. The summed E-state index contributed by atoms with van der Waals surface area (Å²) in [6.07, 6.45) is 2.87. The van der Waals surface area contributed by atoms with Crippen LogP contribution in [0.15, 0.2) is 36.7 Å². The highest BCUT2D eigenvalue weighted by molar-refractivity contribution is 7.71. The number of anilines is 2. The van der Waals surface area contributed by atoms with E-state index in [4.69, 9.17) is 11.6 Å². The number of nitro groups is 1. The Balaban J connectivity index is 2.32. The standard InChI is InChI=1S/C12H10ClN3O4S/c13-9-1-2-11(12(4-9)16(17)18)15-10-3-8(5-14-6-10)7-21(19)20/h1-6,15,21H,7H2. The second kappa shape index (κ2) is 6.51. The molecule has 110 valence electrons. The minimum atomic E-state index is -2.56. The molecular formula is C12H10ClN3O4S. The lowest BCUT2D eigenvalue weighted by Gasteiger charge is -2.08. The second-order valence-electron chi connectivity index (χ2n) is 4.12. The van der Waals surface area contributed by atoms with E-state index in [0.29, 0.717) is 11.3 Å². The maximum absolute atomic E-state index is 11.0. The molecule has 9 heteroatoms. The topological polar surface area (TPSA) is 102 Å². The summed E-state index contributed by atoms with van der Waals surface area (Å²) in [5, 5.41) is 14.1. The zero-order valence-corrected chi connectivity index (χ0v) is 12.2. The SMILES string of the molecule is O=[N+]([O-])c1cc(Cl)ccc1Nc1cncc(C[SH](=O)=O)c1. The number of nitro benzene ring substituents is 1. The quantitative estimate of drug-likeness (QED) is 0.497. The second-order valence-corrected chi connectivity index (χ2v) is 5.53. The fraction of sp³-hybridized carbons (Fsp3) is 0.0833. The molecule has 0 atom stereocenters. The predicted octanol–water partition coefficient (Wildman–Crippen LogP) is 2.50. The van der Waals surface area contributed by atoms with Crippen LogP contribution in [0.5, 0.6) is 0 Å². The molecule has 0 spiro atoms. The molecule has 0 aliphatic heterocycles. The van der Waals surface area contributed by atoms with Crippen molar-refractivity contribution in [1.29, 1.82) is 0 Å². The van der Waals surface area contributed by atoms with E-state index in [0.717, 1.165) is 0 Å². The fourth-order valence-corrected chi connectivity index (χ4v) is 2.35. The summed E-state index contributed by atoms with van der Waals surface area (Å²) in [5.74, 6) is -0.138. The maximum atomic E-state index is 11.0. The molecule has 1 aromatic heterocycles. The molecule has 0 aliphatic carbocycles. The first-order valence-electron chi connectivity index (χ1n) is 5.72. The summed E-state index contributed by atoms with van der Waals surface area (Å²) in [5.41, 5.74) is 1.01. The average molecular weight is 328 g/mol. The van der Waals surface area contributed by atoms with Crippen molar-refractivity contribution in [1.82, 2.24) is 4.98 Å². The van der Waals surface area contributed by atoms with Crippen LogP contribution in [0.1, 0.15) is 5.56 Å². The van der Waals surface area contributed by atoms with E-state index in [9.17, 15) is 18.5 Å². The molecule has 1 aromatic carbocycles. The number of aromatic nitrogens is 1. The van der Waals surface area contributed by atoms with Gasteiger partial charge in [0.05, 0.1) is 22.6 Å². The number of nitrogens with one attached hydrogen (secondary N) is 1. The van der Waals surface area contributed by atoms with Gasteiger partial charge in [-0.1, -0.05) is 11.6 Å². The molecule has 0 aliphatic rings. The van der Waals surface area contributed by atoms with Crippen LogP contribution in [0.4, 0.5) is 17.1 Å². The van der Waals surface area contributed by atoms with Crippen LogP contribution < -0.4 is 5.32 Å². The van der Waals surface area contributed by atoms with Gasteiger partial charge in [0, 0.05) is 17.3 Å². The molecular weight excluding hydrogens is 318 g/mol. The molecule has 2 aromatic rings. The normalized spacial score (nSPS) is 10.6. The first kappa shape index (κ1) is 15.2. The zero-order chi connectivity index (χ0) is 15.4. The molecule has 2 rings (SSSR count). The molecule has 0 bridgehead atoms. The molecule has 21 heavy (non-hydrogen) atoms. The molecule has 0 saturated carbocycles. The zero-order valence-electron chi connectivity index (χ0n) is 10.5. The molecule has 1 heterocycles. The number of hydrogen-bond donors (Lipinski definition) is 2. The summed E-state index contributed by atoms with van der Waals surface area (Å²) in [7, 11) is -2.56. The van der Waals surface area contributed by atoms with Crippen molar-refractivity contribution in [2.45, 2.75) is 5.75 Å². The third-order valence-corrected chi connectivity index (χ3v) is 3.40. The van der Waals surface area contributed by atoms with Crippen molar-refractivity contribution in [2.24, 2.45) is 0 Å². The summed E-state index contributed by atoms with van der Waals surface area (Å²) in [4.78, 5) is 14.3. The van der Waals surface area contributed by atoms with E-state index in [1.54, 1.807) is 6.07 Å². The van der Waals surface area contributed by atoms with Gasteiger partial charge in [-0.2, -0.15) is 0 Å². The number of nitrogens with zero attached hydrogens (tertiary/aromatic N) is 2. The van der Waals surface area contributed by atoms with Gasteiger partial charge in [-0.25, -0.2) is 8.42 Å². The first-order valence-corrected chi connectivity index (χ1v) is 7.46. The minimum Gasteiger partial charge on any atom is -0.349 e. The molecule has 0 saturated heterocycles. The van der Waals surface area contributed by atoms with Crippen LogP contribution in [0, 0.1) is 10.1 Å².